The molecule has 2 bridgehead atoms. The molecule has 1 amide bonds. The number of benzene rings is 1. The van der Waals surface area contributed by atoms with E-state index in [1.54, 1.807) is 49.7 Å². The maximum absolute atomic E-state index is 12.4. The Morgan fingerprint density at radius 1 is 1.20 bits per heavy atom. The zero-order chi connectivity index (χ0) is 17.2. The molecule has 2 aromatic rings. The van der Waals surface area contributed by atoms with E-state index >= 15 is 0 Å². The molecule has 0 saturated carbocycles. The molecule has 0 aliphatic carbocycles. The summed E-state index contributed by atoms with van der Waals surface area (Å²) in [6.07, 6.45) is 5.03. The van der Waals surface area contributed by atoms with Crippen LogP contribution in [0.1, 0.15) is 29.6 Å². The zero-order valence-electron chi connectivity index (χ0n) is 14.1. The molecule has 25 heavy (non-hydrogen) atoms. The normalized spacial score (nSPS) is 24.1. The van der Waals surface area contributed by atoms with Crippen molar-refractivity contribution < 1.29 is 14.3 Å². The Labute approximate surface area is 146 Å². The number of carbonyl (C=O) groups is 1. The lowest BCUT2D eigenvalue weighted by atomic mass is 9.95. The molecule has 0 radical (unpaired) electrons. The zero-order valence-corrected chi connectivity index (χ0v) is 14.1. The standard InChI is InChI=1S/C19H21N3O3/c1-24-18-11-15(8-9-20-18)25-14-5-2-12(3-6-14)19(23)22-17-10-13-4-7-16(17)21-13/h2-3,5-6,8-9,11,13,16-17,21H,4,7,10H2,1H3,(H,22,23). The van der Waals surface area contributed by atoms with E-state index in [2.05, 4.69) is 15.6 Å². The van der Waals surface area contributed by atoms with Crippen LogP contribution in [0.5, 0.6) is 17.4 Å². The first kappa shape index (κ1) is 15.9. The van der Waals surface area contributed by atoms with Gasteiger partial charge >= 0.3 is 0 Å². The third-order valence-corrected chi connectivity index (χ3v) is 4.88. The van der Waals surface area contributed by atoms with Gasteiger partial charge in [0.25, 0.3) is 5.91 Å². The van der Waals surface area contributed by atoms with Crippen molar-refractivity contribution in [2.75, 3.05) is 7.11 Å². The average Bonchev–Trinajstić information content (AvgIpc) is 3.25. The van der Waals surface area contributed by atoms with Crippen LogP contribution in [-0.4, -0.2) is 36.1 Å². The van der Waals surface area contributed by atoms with Gasteiger partial charge < -0.3 is 20.1 Å². The number of nitrogens with zero attached hydrogens (tertiary/aromatic N) is 1. The van der Waals surface area contributed by atoms with Crippen molar-refractivity contribution in [3.8, 4) is 17.4 Å². The summed E-state index contributed by atoms with van der Waals surface area (Å²) < 4.78 is 10.8. The van der Waals surface area contributed by atoms with Gasteiger partial charge in [0.15, 0.2) is 0 Å². The number of rotatable bonds is 5. The number of nitrogens with one attached hydrogen (secondary N) is 2. The molecule has 3 atom stereocenters. The summed E-state index contributed by atoms with van der Waals surface area (Å²) >= 11 is 0. The molecule has 6 nitrogen and oxygen atoms in total. The fourth-order valence-electron chi connectivity index (χ4n) is 3.61. The van der Waals surface area contributed by atoms with E-state index in [1.807, 2.05) is 0 Å². The molecule has 3 heterocycles. The molecule has 130 valence electrons. The van der Waals surface area contributed by atoms with Crippen molar-refractivity contribution in [3.63, 3.8) is 0 Å². The second kappa shape index (κ2) is 6.72. The Bertz CT molecular complexity index is 763. The number of ether oxygens (including phenoxy) is 2. The Hall–Kier alpha value is -2.60. The summed E-state index contributed by atoms with van der Waals surface area (Å²) in [5.74, 6) is 1.76. The minimum absolute atomic E-state index is 0.0310. The molecule has 1 aromatic heterocycles. The number of hydrogen-bond donors (Lipinski definition) is 2. The van der Waals surface area contributed by atoms with Crippen molar-refractivity contribution >= 4 is 5.91 Å². The molecule has 0 spiro atoms. The van der Waals surface area contributed by atoms with Crippen LogP contribution in [0.25, 0.3) is 0 Å². The van der Waals surface area contributed by atoms with E-state index < -0.39 is 0 Å². The highest BCUT2D eigenvalue weighted by Crippen LogP contribution is 2.28. The number of methoxy groups -OCH3 is 1. The highest BCUT2D eigenvalue weighted by atomic mass is 16.5. The maximum atomic E-state index is 12.4. The second-order valence-corrected chi connectivity index (χ2v) is 6.52. The van der Waals surface area contributed by atoms with E-state index in [0.717, 1.165) is 12.8 Å². The van der Waals surface area contributed by atoms with Crippen LogP contribution in [0.15, 0.2) is 42.6 Å². The van der Waals surface area contributed by atoms with Crippen molar-refractivity contribution in [3.05, 3.63) is 48.2 Å². The molecule has 2 aliphatic rings. The topological polar surface area (TPSA) is 72.5 Å². The molecule has 6 heteroatoms. The summed E-state index contributed by atoms with van der Waals surface area (Å²) in [4.78, 5) is 16.5. The van der Waals surface area contributed by atoms with Gasteiger partial charge in [0, 0.05) is 36.0 Å². The molecule has 2 aliphatic heterocycles. The van der Waals surface area contributed by atoms with Crippen LogP contribution in [0.3, 0.4) is 0 Å². The van der Waals surface area contributed by atoms with Crippen LogP contribution in [0.2, 0.25) is 0 Å². The van der Waals surface area contributed by atoms with Crippen LogP contribution >= 0.6 is 0 Å². The van der Waals surface area contributed by atoms with Crippen molar-refractivity contribution in [2.45, 2.75) is 37.4 Å². The predicted octanol–water partition coefficient (Wildman–Crippen LogP) is 2.51. The number of aromatic nitrogens is 1. The molecule has 2 N–H and O–H groups in total. The third kappa shape index (κ3) is 3.44. The largest absolute Gasteiger partial charge is 0.481 e. The van der Waals surface area contributed by atoms with Gasteiger partial charge in [-0.1, -0.05) is 0 Å². The van der Waals surface area contributed by atoms with Crippen LogP contribution in [0, 0.1) is 0 Å². The summed E-state index contributed by atoms with van der Waals surface area (Å²) in [5.41, 5.74) is 0.641. The third-order valence-electron chi connectivity index (χ3n) is 4.88. The van der Waals surface area contributed by atoms with E-state index in [1.165, 1.54) is 6.42 Å². The molecular weight excluding hydrogens is 318 g/mol. The molecular formula is C19H21N3O3. The second-order valence-electron chi connectivity index (χ2n) is 6.52. The molecule has 1 aromatic carbocycles. The lowest BCUT2D eigenvalue weighted by Gasteiger charge is -2.21. The van der Waals surface area contributed by atoms with Crippen LogP contribution in [-0.2, 0) is 0 Å². The first-order valence-corrected chi connectivity index (χ1v) is 8.56. The van der Waals surface area contributed by atoms with E-state index in [9.17, 15) is 4.79 Å². The van der Waals surface area contributed by atoms with Crippen LogP contribution in [0.4, 0.5) is 0 Å². The fraction of sp³-hybridized carbons (Fsp3) is 0.368. The van der Waals surface area contributed by atoms with Gasteiger partial charge in [-0.3, -0.25) is 4.79 Å². The molecule has 4 rings (SSSR count). The quantitative estimate of drug-likeness (QED) is 0.876. The summed E-state index contributed by atoms with van der Waals surface area (Å²) in [5, 5.41) is 6.67. The van der Waals surface area contributed by atoms with Gasteiger partial charge in [-0.05, 0) is 49.6 Å². The lowest BCUT2D eigenvalue weighted by Crippen LogP contribution is -2.42. The highest BCUT2D eigenvalue weighted by Gasteiger charge is 2.39. The Morgan fingerprint density at radius 3 is 2.72 bits per heavy atom. The maximum Gasteiger partial charge on any atom is 0.251 e. The van der Waals surface area contributed by atoms with Gasteiger partial charge in [0.2, 0.25) is 5.88 Å². The summed E-state index contributed by atoms with van der Waals surface area (Å²) in [6.45, 7) is 0. The van der Waals surface area contributed by atoms with E-state index in [4.69, 9.17) is 9.47 Å². The number of carbonyl (C=O) groups excluding carboxylic acids is 1. The highest BCUT2D eigenvalue weighted by molar-refractivity contribution is 5.94. The Balaban J connectivity index is 1.38. The Kier molecular flexibility index (Phi) is 4.28. The van der Waals surface area contributed by atoms with Gasteiger partial charge in [0.05, 0.1) is 7.11 Å². The van der Waals surface area contributed by atoms with Crippen molar-refractivity contribution in [1.82, 2.24) is 15.6 Å². The number of fused-ring (bicyclic) bond motifs is 2. The van der Waals surface area contributed by atoms with E-state index in [0.29, 0.717) is 35.0 Å². The smallest absolute Gasteiger partial charge is 0.251 e. The van der Waals surface area contributed by atoms with Crippen molar-refractivity contribution in [1.29, 1.82) is 0 Å². The number of pyridine rings is 1. The first-order valence-electron chi connectivity index (χ1n) is 8.56. The molecule has 2 saturated heterocycles. The Morgan fingerprint density at radius 2 is 2.04 bits per heavy atom. The van der Waals surface area contributed by atoms with Crippen LogP contribution < -0.4 is 20.1 Å². The van der Waals surface area contributed by atoms with Gasteiger partial charge in [-0.25, -0.2) is 4.98 Å². The minimum atomic E-state index is -0.0310. The summed E-state index contributed by atoms with van der Waals surface area (Å²) in [6, 6.07) is 11.9. The number of amides is 1. The minimum Gasteiger partial charge on any atom is -0.481 e. The summed E-state index contributed by atoms with van der Waals surface area (Å²) in [7, 11) is 1.56. The molecule has 2 fully saturated rings. The first-order chi connectivity index (χ1) is 12.2. The van der Waals surface area contributed by atoms with Crippen molar-refractivity contribution in [2.24, 2.45) is 0 Å². The number of hydrogen-bond acceptors (Lipinski definition) is 5. The average molecular weight is 339 g/mol. The van der Waals surface area contributed by atoms with Gasteiger partial charge in [-0.2, -0.15) is 0 Å². The molecule has 3 unspecified atom stereocenters. The predicted molar refractivity (Wildman–Crippen MR) is 93.1 cm³/mol. The monoisotopic (exact) mass is 339 g/mol. The SMILES string of the molecule is COc1cc(Oc2ccc(C(=O)NC3CC4CCC3N4)cc2)ccn1. The lowest BCUT2D eigenvalue weighted by molar-refractivity contribution is 0.0931. The fourth-order valence-corrected chi connectivity index (χ4v) is 3.61. The van der Waals surface area contributed by atoms with Gasteiger partial charge in [0.1, 0.15) is 11.5 Å². The van der Waals surface area contributed by atoms with E-state index in [-0.39, 0.29) is 11.9 Å². The van der Waals surface area contributed by atoms with Gasteiger partial charge in [-0.15, -0.1) is 0 Å².